The third-order valence-electron chi connectivity index (χ3n) is 3.18. The highest BCUT2D eigenvalue weighted by Gasteiger charge is 2.09. The van der Waals surface area contributed by atoms with Crippen molar-refractivity contribution in [2.45, 2.75) is 64.9 Å². The molecule has 0 unspecified atom stereocenters. The van der Waals surface area contributed by atoms with Crippen LogP contribution >= 0.6 is 0 Å². The minimum atomic E-state index is -0.0556. The van der Waals surface area contributed by atoms with Crippen LogP contribution in [0.3, 0.4) is 0 Å². The molecule has 2 nitrogen and oxygen atoms in total. The average molecular weight is 262 g/mol. The molecule has 0 spiro atoms. The molecule has 2 heteroatoms. The van der Waals surface area contributed by atoms with Gasteiger partial charge in [-0.05, 0) is 18.9 Å². The molecule has 0 saturated heterocycles. The van der Waals surface area contributed by atoms with Gasteiger partial charge in [-0.1, -0.05) is 62.9 Å². The van der Waals surface area contributed by atoms with Gasteiger partial charge >= 0.3 is 5.97 Å². The molecular weight excluding hydrogens is 236 g/mol. The molecule has 0 amide bonds. The number of esters is 1. The SMILES string of the molecule is CCCCCCCC(=O)O[C@@H](C)Cc1ccccc1. The molecule has 0 heterocycles. The maximum absolute atomic E-state index is 11.7. The Balaban J connectivity index is 2.14. The third kappa shape index (κ3) is 7.66. The molecule has 1 aromatic rings. The number of carbonyl (C=O) groups is 1. The minimum Gasteiger partial charge on any atom is -0.462 e. The van der Waals surface area contributed by atoms with E-state index < -0.39 is 0 Å². The highest BCUT2D eigenvalue weighted by molar-refractivity contribution is 5.69. The van der Waals surface area contributed by atoms with E-state index in [-0.39, 0.29) is 12.1 Å². The van der Waals surface area contributed by atoms with Crippen LogP contribution in [0.4, 0.5) is 0 Å². The molecule has 1 rings (SSSR count). The number of ether oxygens (including phenoxy) is 1. The summed E-state index contributed by atoms with van der Waals surface area (Å²) in [7, 11) is 0. The molecule has 19 heavy (non-hydrogen) atoms. The lowest BCUT2D eigenvalue weighted by Gasteiger charge is -2.13. The first-order valence-electron chi connectivity index (χ1n) is 7.45. The van der Waals surface area contributed by atoms with Gasteiger partial charge in [-0.2, -0.15) is 0 Å². The maximum atomic E-state index is 11.7. The van der Waals surface area contributed by atoms with Crippen LogP contribution < -0.4 is 0 Å². The van der Waals surface area contributed by atoms with Crippen LogP contribution in [0.15, 0.2) is 30.3 Å². The Labute approximate surface area is 117 Å². The highest BCUT2D eigenvalue weighted by Crippen LogP contribution is 2.09. The van der Waals surface area contributed by atoms with Gasteiger partial charge in [-0.25, -0.2) is 0 Å². The van der Waals surface area contributed by atoms with Gasteiger partial charge in [0.25, 0.3) is 0 Å². The van der Waals surface area contributed by atoms with Crippen molar-refractivity contribution in [3.63, 3.8) is 0 Å². The lowest BCUT2D eigenvalue weighted by atomic mass is 10.1. The second kappa shape index (κ2) is 9.60. The predicted molar refractivity (Wildman–Crippen MR) is 79.1 cm³/mol. The Kier molecular flexibility index (Phi) is 7.95. The standard InChI is InChI=1S/C17H26O2/c1-3-4-5-6-10-13-17(18)19-15(2)14-16-11-8-7-9-12-16/h7-9,11-12,15H,3-6,10,13-14H2,1-2H3/t15-/m0/s1. The Hall–Kier alpha value is -1.31. The van der Waals surface area contributed by atoms with Crippen molar-refractivity contribution in [3.05, 3.63) is 35.9 Å². The zero-order valence-electron chi connectivity index (χ0n) is 12.2. The fraction of sp³-hybridized carbons (Fsp3) is 0.588. The first-order chi connectivity index (χ1) is 9.22. The Bertz CT molecular complexity index is 346. The van der Waals surface area contributed by atoms with Crippen LogP contribution in [0.1, 0.15) is 57.9 Å². The maximum Gasteiger partial charge on any atom is 0.306 e. The van der Waals surface area contributed by atoms with E-state index in [1.807, 2.05) is 25.1 Å². The Morgan fingerprint density at radius 1 is 1.11 bits per heavy atom. The van der Waals surface area contributed by atoms with Crippen molar-refractivity contribution < 1.29 is 9.53 Å². The highest BCUT2D eigenvalue weighted by atomic mass is 16.5. The molecule has 1 atom stereocenters. The van der Waals surface area contributed by atoms with Gasteiger partial charge in [-0.15, -0.1) is 0 Å². The van der Waals surface area contributed by atoms with Crippen molar-refractivity contribution in [3.8, 4) is 0 Å². The van der Waals surface area contributed by atoms with Crippen molar-refractivity contribution >= 4 is 5.97 Å². The van der Waals surface area contributed by atoms with Crippen molar-refractivity contribution in [1.82, 2.24) is 0 Å². The van der Waals surface area contributed by atoms with E-state index in [9.17, 15) is 4.79 Å². The minimum absolute atomic E-state index is 0.0365. The molecule has 106 valence electrons. The van der Waals surface area contributed by atoms with Crippen LogP contribution in [0.5, 0.6) is 0 Å². The van der Waals surface area contributed by atoms with Gasteiger partial charge in [0.15, 0.2) is 0 Å². The molecule has 0 aromatic heterocycles. The Morgan fingerprint density at radius 3 is 2.47 bits per heavy atom. The van der Waals surface area contributed by atoms with Crippen LogP contribution in [0.2, 0.25) is 0 Å². The van der Waals surface area contributed by atoms with E-state index in [1.54, 1.807) is 0 Å². The molecule has 0 aliphatic heterocycles. The fourth-order valence-corrected chi connectivity index (χ4v) is 2.14. The van der Waals surface area contributed by atoms with Gasteiger partial charge in [0, 0.05) is 12.8 Å². The fourth-order valence-electron chi connectivity index (χ4n) is 2.14. The second-order valence-corrected chi connectivity index (χ2v) is 5.15. The first-order valence-corrected chi connectivity index (χ1v) is 7.45. The first kappa shape index (κ1) is 15.7. The van der Waals surface area contributed by atoms with E-state index in [1.165, 1.54) is 24.8 Å². The van der Waals surface area contributed by atoms with Crippen LogP contribution in [-0.4, -0.2) is 12.1 Å². The largest absolute Gasteiger partial charge is 0.462 e. The van der Waals surface area contributed by atoms with E-state index in [0.717, 1.165) is 19.3 Å². The summed E-state index contributed by atoms with van der Waals surface area (Å²) in [5.74, 6) is -0.0556. The number of benzene rings is 1. The van der Waals surface area contributed by atoms with E-state index in [0.29, 0.717) is 6.42 Å². The third-order valence-corrected chi connectivity index (χ3v) is 3.18. The zero-order valence-corrected chi connectivity index (χ0v) is 12.2. The number of hydrogen-bond acceptors (Lipinski definition) is 2. The summed E-state index contributed by atoms with van der Waals surface area (Å²) in [4.78, 5) is 11.7. The Morgan fingerprint density at radius 2 is 1.79 bits per heavy atom. The van der Waals surface area contributed by atoms with Gasteiger partial charge < -0.3 is 4.74 Å². The van der Waals surface area contributed by atoms with Crippen LogP contribution in [-0.2, 0) is 16.0 Å². The number of rotatable bonds is 9. The summed E-state index contributed by atoms with van der Waals surface area (Å²) in [5.41, 5.74) is 1.21. The molecular formula is C17H26O2. The molecule has 0 aliphatic rings. The van der Waals surface area contributed by atoms with Crippen molar-refractivity contribution in [1.29, 1.82) is 0 Å². The summed E-state index contributed by atoms with van der Waals surface area (Å²) >= 11 is 0. The number of hydrogen-bond donors (Lipinski definition) is 0. The van der Waals surface area contributed by atoms with Gasteiger partial charge in [0.2, 0.25) is 0 Å². The monoisotopic (exact) mass is 262 g/mol. The van der Waals surface area contributed by atoms with Crippen molar-refractivity contribution in [2.24, 2.45) is 0 Å². The van der Waals surface area contributed by atoms with Crippen molar-refractivity contribution in [2.75, 3.05) is 0 Å². The van der Waals surface area contributed by atoms with E-state index >= 15 is 0 Å². The van der Waals surface area contributed by atoms with Crippen LogP contribution in [0.25, 0.3) is 0 Å². The second-order valence-electron chi connectivity index (χ2n) is 5.15. The number of carbonyl (C=O) groups excluding carboxylic acids is 1. The summed E-state index contributed by atoms with van der Waals surface area (Å²) < 4.78 is 5.42. The summed E-state index contributed by atoms with van der Waals surface area (Å²) in [6.45, 7) is 4.15. The normalized spacial score (nSPS) is 12.1. The predicted octanol–water partition coefficient (Wildman–Crippen LogP) is 4.52. The van der Waals surface area contributed by atoms with Gasteiger partial charge in [0.1, 0.15) is 6.10 Å². The summed E-state index contributed by atoms with van der Waals surface area (Å²) in [5, 5.41) is 0. The number of unbranched alkanes of at least 4 members (excludes halogenated alkanes) is 4. The molecule has 0 N–H and O–H groups in total. The van der Waals surface area contributed by atoms with Crippen LogP contribution in [0, 0.1) is 0 Å². The molecule has 0 bridgehead atoms. The molecule has 0 saturated carbocycles. The smallest absolute Gasteiger partial charge is 0.306 e. The molecule has 0 radical (unpaired) electrons. The molecule has 0 fully saturated rings. The molecule has 1 aromatic carbocycles. The summed E-state index contributed by atoms with van der Waals surface area (Å²) in [6.07, 6.45) is 7.13. The topological polar surface area (TPSA) is 26.3 Å². The lowest BCUT2D eigenvalue weighted by Crippen LogP contribution is -2.17. The zero-order chi connectivity index (χ0) is 13.9. The molecule has 0 aliphatic carbocycles. The summed E-state index contributed by atoms with van der Waals surface area (Å²) in [6, 6.07) is 10.1. The quantitative estimate of drug-likeness (QED) is 0.483. The van der Waals surface area contributed by atoms with Gasteiger partial charge in [0.05, 0.1) is 0 Å². The lowest BCUT2D eigenvalue weighted by molar-refractivity contribution is -0.148. The van der Waals surface area contributed by atoms with E-state index in [4.69, 9.17) is 4.74 Å². The van der Waals surface area contributed by atoms with Gasteiger partial charge in [-0.3, -0.25) is 4.79 Å². The average Bonchev–Trinajstić information content (AvgIpc) is 2.39. The van der Waals surface area contributed by atoms with E-state index in [2.05, 4.69) is 19.1 Å².